The molecule has 0 aliphatic heterocycles. The number of nitrogens with one attached hydrogen (secondary N) is 1. The van der Waals surface area contributed by atoms with Crippen LogP contribution in [0.5, 0.6) is 0 Å². The molecule has 0 radical (unpaired) electrons. The molecule has 3 aromatic rings. The molecule has 2 nitrogen and oxygen atoms in total. The van der Waals surface area contributed by atoms with Gasteiger partial charge in [0.15, 0.2) is 0 Å². The molecule has 1 heterocycles. The van der Waals surface area contributed by atoms with Gasteiger partial charge in [-0.3, -0.25) is 0 Å². The molecule has 0 aliphatic rings. The van der Waals surface area contributed by atoms with Crippen molar-refractivity contribution in [1.82, 2.24) is 0 Å². The second-order valence-corrected chi connectivity index (χ2v) is 5.71. The molecule has 0 spiro atoms. The fraction of sp³-hybridized carbons (Fsp3) is 0.125. The average molecular weight is 352 g/mol. The van der Waals surface area contributed by atoms with Gasteiger partial charge in [-0.15, -0.1) is 0 Å². The molecule has 0 amide bonds. The molecule has 0 fully saturated rings. The fourth-order valence-corrected chi connectivity index (χ4v) is 2.59. The van der Waals surface area contributed by atoms with E-state index < -0.39 is 11.6 Å². The number of rotatable bonds is 3. The number of para-hydroxylation sites is 1. The quantitative estimate of drug-likeness (QED) is 0.659. The van der Waals surface area contributed by atoms with Crippen LogP contribution in [-0.2, 0) is 0 Å². The standard InChI is InChI=1S/C16H12BrF2NO/c1-9(15-6-10-4-2-3-5-14(10)21-15)20-16-12(18)7-11(17)8-13(16)19/h2-9,20H,1H3. The van der Waals surface area contributed by atoms with Crippen molar-refractivity contribution in [3.8, 4) is 0 Å². The van der Waals surface area contributed by atoms with E-state index in [1.165, 1.54) is 12.1 Å². The summed E-state index contributed by atoms with van der Waals surface area (Å²) in [4.78, 5) is 0. The van der Waals surface area contributed by atoms with Gasteiger partial charge >= 0.3 is 0 Å². The van der Waals surface area contributed by atoms with E-state index in [2.05, 4.69) is 21.2 Å². The van der Waals surface area contributed by atoms with Gasteiger partial charge in [0.2, 0.25) is 0 Å². The van der Waals surface area contributed by atoms with Gasteiger partial charge in [-0.05, 0) is 31.2 Å². The summed E-state index contributed by atoms with van der Waals surface area (Å²) in [7, 11) is 0. The molecule has 108 valence electrons. The number of furan rings is 1. The summed E-state index contributed by atoms with van der Waals surface area (Å²) in [5.74, 6) is -0.674. The molecule has 3 rings (SSSR count). The summed E-state index contributed by atoms with van der Waals surface area (Å²) in [6.07, 6.45) is 0. The van der Waals surface area contributed by atoms with E-state index in [0.717, 1.165) is 11.0 Å². The second-order valence-electron chi connectivity index (χ2n) is 4.80. The van der Waals surface area contributed by atoms with Crippen LogP contribution in [0.2, 0.25) is 0 Å². The first-order valence-electron chi connectivity index (χ1n) is 6.44. The predicted octanol–water partition coefficient (Wildman–Crippen LogP) is 5.65. The Hall–Kier alpha value is -1.88. The average Bonchev–Trinajstić information content (AvgIpc) is 2.86. The minimum Gasteiger partial charge on any atom is -0.459 e. The molecule has 1 unspecified atom stereocenters. The van der Waals surface area contributed by atoms with Crippen molar-refractivity contribution in [2.75, 3.05) is 5.32 Å². The second kappa shape index (κ2) is 5.48. The summed E-state index contributed by atoms with van der Waals surface area (Å²) in [5, 5.41) is 3.77. The van der Waals surface area contributed by atoms with E-state index in [0.29, 0.717) is 10.2 Å². The van der Waals surface area contributed by atoms with E-state index in [1.807, 2.05) is 30.3 Å². The third-order valence-electron chi connectivity index (χ3n) is 3.24. The Morgan fingerprint density at radius 2 is 1.76 bits per heavy atom. The van der Waals surface area contributed by atoms with E-state index >= 15 is 0 Å². The van der Waals surface area contributed by atoms with Crippen molar-refractivity contribution >= 4 is 32.6 Å². The number of anilines is 1. The largest absolute Gasteiger partial charge is 0.459 e. The maximum absolute atomic E-state index is 13.8. The van der Waals surface area contributed by atoms with Gasteiger partial charge in [-0.2, -0.15) is 0 Å². The Morgan fingerprint density at radius 1 is 1.10 bits per heavy atom. The van der Waals surface area contributed by atoms with E-state index in [4.69, 9.17) is 4.42 Å². The van der Waals surface area contributed by atoms with Gasteiger partial charge in [-0.1, -0.05) is 34.1 Å². The molecule has 0 aliphatic carbocycles. The first-order chi connectivity index (χ1) is 10.0. The maximum Gasteiger partial charge on any atom is 0.150 e. The van der Waals surface area contributed by atoms with Crippen LogP contribution in [0.15, 0.2) is 51.4 Å². The highest BCUT2D eigenvalue weighted by Crippen LogP contribution is 2.30. The molecule has 0 saturated heterocycles. The maximum atomic E-state index is 13.8. The first-order valence-corrected chi connectivity index (χ1v) is 7.23. The summed E-state index contributed by atoms with van der Waals surface area (Å²) in [6, 6.07) is 11.5. The molecule has 1 aromatic heterocycles. The molecule has 21 heavy (non-hydrogen) atoms. The van der Waals surface area contributed by atoms with Gasteiger partial charge in [0.05, 0.1) is 6.04 Å². The lowest BCUT2D eigenvalue weighted by molar-refractivity contribution is 0.520. The van der Waals surface area contributed by atoms with Crippen molar-refractivity contribution in [3.05, 3.63) is 64.3 Å². The molecule has 5 heteroatoms. The monoisotopic (exact) mass is 351 g/mol. The van der Waals surface area contributed by atoms with Gasteiger partial charge in [-0.25, -0.2) is 8.78 Å². The summed E-state index contributed by atoms with van der Waals surface area (Å²) < 4.78 is 33.7. The predicted molar refractivity (Wildman–Crippen MR) is 82.3 cm³/mol. The van der Waals surface area contributed by atoms with Crippen molar-refractivity contribution in [2.24, 2.45) is 0 Å². The molecular formula is C16H12BrF2NO. The van der Waals surface area contributed by atoms with Crippen LogP contribution in [0.1, 0.15) is 18.7 Å². The first kappa shape index (κ1) is 14.1. The third kappa shape index (κ3) is 2.78. The van der Waals surface area contributed by atoms with Crippen LogP contribution in [0, 0.1) is 11.6 Å². The highest BCUT2D eigenvalue weighted by atomic mass is 79.9. The number of hydrogen-bond acceptors (Lipinski definition) is 2. The Bertz CT molecular complexity index is 744. The summed E-state index contributed by atoms with van der Waals surface area (Å²) in [6.45, 7) is 1.79. The topological polar surface area (TPSA) is 25.2 Å². The zero-order valence-electron chi connectivity index (χ0n) is 11.2. The minimum absolute atomic E-state index is 0.161. The van der Waals surface area contributed by atoms with Crippen molar-refractivity contribution in [2.45, 2.75) is 13.0 Å². The number of halogens is 3. The Kier molecular flexibility index (Phi) is 3.68. The Morgan fingerprint density at radius 3 is 2.43 bits per heavy atom. The van der Waals surface area contributed by atoms with Crippen LogP contribution in [-0.4, -0.2) is 0 Å². The number of benzene rings is 2. The van der Waals surface area contributed by atoms with Gasteiger partial charge in [0, 0.05) is 9.86 Å². The van der Waals surface area contributed by atoms with Crippen LogP contribution < -0.4 is 5.32 Å². The minimum atomic E-state index is -0.648. The third-order valence-corrected chi connectivity index (χ3v) is 3.70. The Labute approximate surface area is 128 Å². The molecule has 1 N–H and O–H groups in total. The van der Waals surface area contributed by atoms with Crippen LogP contribution in [0.25, 0.3) is 11.0 Å². The Balaban J connectivity index is 1.91. The molecular weight excluding hydrogens is 340 g/mol. The zero-order valence-corrected chi connectivity index (χ0v) is 12.7. The van der Waals surface area contributed by atoms with Crippen LogP contribution >= 0.6 is 15.9 Å². The van der Waals surface area contributed by atoms with Gasteiger partial charge in [0.25, 0.3) is 0 Å². The molecule has 1 atom stereocenters. The molecule has 2 aromatic carbocycles. The van der Waals surface area contributed by atoms with Crippen molar-refractivity contribution < 1.29 is 13.2 Å². The number of fused-ring (bicyclic) bond motifs is 1. The highest BCUT2D eigenvalue weighted by molar-refractivity contribution is 9.10. The normalized spacial score (nSPS) is 12.6. The van der Waals surface area contributed by atoms with Crippen molar-refractivity contribution in [3.63, 3.8) is 0 Å². The van der Waals surface area contributed by atoms with E-state index in [9.17, 15) is 8.78 Å². The summed E-state index contributed by atoms with van der Waals surface area (Å²) >= 11 is 3.06. The lowest BCUT2D eigenvalue weighted by atomic mass is 10.2. The highest BCUT2D eigenvalue weighted by Gasteiger charge is 2.16. The SMILES string of the molecule is CC(Nc1c(F)cc(Br)cc1F)c1cc2ccccc2o1. The lowest BCUT2D eigenvalue weighted by Gasteiger charge is -2.14. The van der Waals surface area contributed by atoms with Crippen LogP contribution in [0.3, 0.4) is 0 Å². The fourth-order valence-electron chi connectivity index (χ4n) is 2.18. The lowest BCUT2D eigenvalue weighted by Crippen LogP contribution is -2.09. The summed E-state index contributed by atoms with van der Waals surface area (Å²) in [5.41, 5.74) is 0.587. The molecule has 0 bridgehead atoms. The smallest absolute Gasteiger partial charge is 0.150 e. The van der Waals surface area contributed by atoms with Gasteiger partial charge in [0.1, 0.15) is 28.7 Å². The van der Waals surface area contributed by atoms with E-state index in [-0.39, 0.29) is 11.7 Å². The van der Waals surface area contributed by atoms with Gasteiger partial charge < -0.3 is 9.73 Å². The molecule has 0 saturated carbocycles. The number of hydrogen-bond donors (Lipinski definition) is 1. The van der Waals surface area contributed by atoms with Crippen LogP contribution in [0.4, 0.5) is 14.5 Å². The van der Waals surface area contributed by atoms with Crippen molar-refractivity contribution in [1.29, 1.82) is 0 Å². The zero-order chi connectivity index (χ0) is 15.0. The van der Waals surface area contributed by atoms with E-state index in [1.54, 1.807) is 6.92 Å².